The molecule has 1 atom stereocenters. The van der Waals surface area contributed by atoms with Crippen LogP contribution in [0.3, 0.4) is 0 Å². The van der Waals surface area contributed by atoms with Gasteiger partial charge in [0.15, 0.2) is 0 Å². The molecule has 1 aliphatic rings. The summed E-state index contributed by atoms with van der Waals surface area (Å²) in [7, 11) is 0. The van der Waals surface area contributed by atoms with Crippen molar-refractivity contribution >= 4 is 11.8 Å². The molecular formula is C22H22FN3O3. The summed E-state index contributed by atoms with van der Waals surface area (Å²) >= 11 is 0. The number of amides is 2. The van der Waals surface area contributed by atoms with Gasteiger partial charge in [0, 0.05) is 25.7 Å². The summed E-state index contributed by atoms with van der Waals surface area (Å²) in [5.74, 6) is -1.14. The van der Waals surface area contributed by atoms with E-state index in [2.05, 4.69) is 0 Å². The highest BCUT2D eigenvalue weighted by Crippen LogP contribution is 2.22. The van der Waals surface area contributed by atoms with E-state index < -0.39 is 0 Å². The van der Waals surface area contributed by atoms with Crippen LogP contribution in [-0.4, -0.2) is 52.4 Å². The Morgan fingerprint density at radius 2 is 2.03 bits per heavy atom. The Kier molecular flexibility index (Phi) is 5.83. The number of nitrogens with zero attached hydrogens (tertiary/aromatic N) is 3. The van der Waals surface area contributed by atoms with Crippen LogP contribution in [0.4, 0.5) is 4.39 Å². The lowest BCUT2D eigenvalue weighted by molar-refractivity contribution is -0.134. The summed E-state index contributed by atoms with van der Waals surface area (Å²) in [5.41, 5.74) is 1.26. The average Bonchev–Trinajstić information content (AvgIpc) is 2.70. The molecule has 7 heteroatoms. The van der Waals surface area contributed by atoms with Crippen LogP contribution in [-0.2, 0) is 11.2 Å². The monoisotopic (exact) mass is 395 g/mol. The zero-order chi connectivity index (χ0) is 21.1. The second-order valence-corrected chi connectivity index (χ2v) is 7.26. The highest BCUT2D eigenvalue weighted by molar-refractivity contribution is 5.97. The van der Waals surface area contributed by atoms with Gasteiger partial charge in [0.05, 0.1) is 23.6 Å². The molecule has 1 saturated heterocycles. The molecule has 1 aliphatic heterocycles. The number of aromatic hydroxyl groups is 1. The lowest BCUT2D eigenvalue weighted by Crippen LogP contribution is -2.55. The van der Waals surface area contributed by atoms with Crippen molar-refractivity contribution in [3.63, 3.8) is 0 Å². The molecule has 1 fully saturated rings. The molecule has 2 amide bonds. The van der Waals surface area contributed by atoms with Gasteiger partial charge >= 0.3 is 0 Å². The van der Waals surface area contributed by atoms with E-state index in [0.29, 0.717) is 30.8 Å². The molecule has 0 spiro atoms. The molecule has 6 nitrogen and oxygen atoms in total. The van der Waals surface area contributed by atoms with Crippen LogP contribution in [0.5, 0.6) is 5.75 Å². The molecule has 0 unspecified atom stereocenters. The summed E-state index contributed by atoms with van der Waals surface area (Å²) in [6.07, 6.45) is -0.0256. The van der Waals surface area contributed by atoms with Gasteiger partial charge in [-0.15, -0.1) is 0 Å². The predicted molar refractivity (Wildman–Crippen MR) is 105 cm³/mol. The van der Waals surface area contributed by atoms with Crippen molar-refractivity contribution in [1.29, 1.82) is 5.26 Å². The minimum atomic E-state index is -0.362. The van der Waals surface area contributed by atoms with Crippen molar-refractivity contribution < 1.29 is 19.1 Å². The Labute approximate surface area is 168 Å². The first kappa shape index (κ1) is 20.3. The fraction of sp³-hybridized carbons (Fsp3) is 0.318. The lowest BCUT2D eigenvalue weighted by atomic mass is 10.0. The first-order chi connectivity index (χ1) is 13.8. The first-order valence-corrected chi connectivity index (χ1v) is 9.37. The molecule has 0 aromatic heterocycles. The molecular weight excluding hydrogens is 373 g/mol. The van der Waals surface area contributed by atoms with Gasteiger partial charge in [0.1, 0.15) is 11.6 Å². The molecule has 0 aliphatic carbocycles. The van der Waals surface area contributed by atoms with Gasteiger partial charge in [0.25, 0.3) is 5.91 Å². The summed E-state index contributed by atoms with van der Waals surface area (Å²) in [6, 6.07) is 10.8. The lowest BCUT2D eigenvalue weighted by Gasteiger charge is -2.40. The van der Waals surface area contributed by atoms with E-state index in [4.69, 9.17) is 5.26 Å². The van der Waals surface area contributed by atoms with E-state index in [1.165, 1.54) is 18.2 Å². The molecule has 150 valence electrons. The molecule has 0 saturated carbocycles. The van der Waals surface area contributed by atoms with Gasteiger partial charge < -0.3 is 14.9 Å². The number of nitriles is 1. The number of carbonyl (C=O) groups is 2. The molecule has 0 radical (unpaired) electrons. The highest BCUT2D eigenvalue weighted by atomic mass is 19.1. The molecule has 2 aromatic rings. The van der Waals surface area contributed by atoms with Crippen LogP contribution in [0.1, 0.15) is 34.0 Å². The minimum absolute atomic E-state index is 0.0256. The van der Waals surface area contributed by atoms with Crippen LogP contribution in [0.15, 0.2) is 36.4 Å². The topological polar surface area (TPSA) is 84.6 Å². The highest BCUT2D eigenvalue weighted by Gasteiger charge is 2.31. The molecule has 3 rings (SSSR count). The molecule has 0 bridgehead atoms. The van der Waals surface area contributed by atoms with E-state index in [-0.39, 0.29) is 47.0 Å². The van der Waals surface area contributed by atoms with E-state index in [9.17, 15) is 19.1 Å². The standard InChI is InChI=1S/C22H22FN3O3/c1-14-4-3-5-17(21(14)23)11-20(28)26-9-8-25(13-15(26)2)22(29)18-7-6-16(12-24)10-19(18)27/h3-7,10,15,27H,8-9,11,13H2,1-2H3/t15-/m1/s1. The number of piperazine rings is 1. The zero-order valence-corrected chi connectivity index (χ0v) is 16.4. The fourth-order valence-corrected chi connectivity index (χ4v) is 3.57. The van der Waals surface area contributed by atoms with Gasteiger partial charge in [-0.05, 0) is 43.2 Å². The number of rotatable bonds is 3. The molecule has 1 N–H and O–H groups in total. The third-order valence-electron chi connectivity index (χ3n) is 5.21. The Morgan fingerprint density at radius 1 is 1.28 bits per heavy atom. The number of halogens is 1. The van der Waals surface area contributed by atoms with Gasteiger partial charge in [-0.3, -0.25) is 9.59 Å². The maximum Gasteiger partial charge on any atom is 0.257 e. The summed E-state index contributed by atoms with van der Waals surface area (Å²) in [4.78, 5) is 28.7. The summed E-state index contributed by atoms with van der Waals surface area (Å²) < 4.78 is 14.2. The maximum atomic E-state index is 14.2. The normalized spacial score (nSPS) is 16.4. The van der Waals surface area contributed by atoms with Crippen molar-refractivity contribution in [3.8, 4) is 11.8 Å². The van der Waals surface area contributed by atoms with E-state index in [1.807, 2.05) is 13.0 Å². The van der Waals surface area contributed by atoms with Crippen molar-refractivity contribution in [1.82, 2.24) is 9.80 Å². The Bertz CT molecular complexity index is 999. The second kappa shape index (κ2) is 8.31. The Morgan fingerprint density at radius 3 is 2.69 bits per heavy atom. The summed E-state index contributed by atoms with van der Waals surface area (Å²) in [6.45, 7) is 4.44. The minimum Gasteiger partial charge on any atom is -0.507 e. The van der Waals surface area contributed by atoms with E-state index >= 15 is 0 Å². The molecule has 1 heterocycles. The second-order valence-electron chi connectivity index (χ2n) is 7.26. The Hall–Kier alpha value is -3.40. The molecule has 29 heavy (non-hydrogen) atoms. The van der Waals surface area contributed by atoms with Crippen molar-refractivity contribution in [3.05, 3.63) is 64.5 Å². The fourth-order valence-electron chi connectivity index (χ4n) is 3.57. The number of aryl methyl sites for hydroxylation is 1. The number of phenolic OH excluding ortho intramolecular Hbond substituents is 1. The average molecular weight is 395 g/mol. The summed E-state index contributed by atoms with van der Waals surface area (Å²) in [5, 5.41) is 18.9. The SMILES string of the molecule is Cc1cccc(CC(=O)N2CCN(C(=O)c3ccc(C#N)cc3O)C[C@H]2C)c1F. The van der Waals surface area contributed by atoms with Crippen LogP contribution in [0.25, 0.3) is 0 Å². The van der Waals surface area contributed by atoms with Gasteiger partial charge in [-0.25, -0.2) is 4.39 Å². The van der Waals surface area contributed by atoms with Gasteiger partial charge in [0.2, 0.25) is 5.91 Å². The number of phenols is 1. The largest absolute Gasteiger partial charge is 0.507 e. The number of benzene rings is 2. The van der Waals surface area contributed by atoms with Crippen LogP contribution >= 0.6 is 0 Å². The predicted octanol–water partition coefficient (Wildman–Crippen LogP) is 2.63. The smallest absolute Gasteiger partial charge is 0.257 e. The van der Waals surface area contributed by atoms with Gasteiger partial charge in [-0.2, -0.15) is 5.26 Å². The first-order valence-electron chi connectivity index (χ1n) is 9.37. The number of carbonyl (C=O) groups excluding carboxylic acids is 2. The maximum absolute atomic E-state index is 14.2. The zero-order valence-electron chi connectivity index (χ0n) is 16.4. The van der Waals surface area contributed by atoms with Crippen molar-refractivity contribution in [2.45, 2.75) is 26.3 Å². The molecule has 2 aromatic carbocycles. The Balaban J connectivity index is 1.67. The van der Waals surface area contributed by atoms with Crippen LogP contribution < -0.4 is 0 Å². The van der Waals surface area contributed by atoms with Crippen LogP contribution in [0.2, 0.25) is 0 Å². The van der Waals surface area contributed by atoms with Crippen molar-refractivity contribution in [2.24, 2.45) is 0 Å². The van der Waals surface area contributed by atoms with Crippen LogP contribution in [0, 0.1) is 24.1 Å². The number of hydrogen-bond donors (Lipinski definition) is 1. The number of hydrogen-bond acceptors (Lipinski definition) is 4. The third-order valence-corrected chi connectivity index (χ3v) is 5.21. The van der Waals surface area contributed by atoms with Crippen molar-refractivity contribution in [2.75, 3.05) is 19.6 Å². The van der Waals surface area contributed by atoms with Gasteiger partial charge in [-0.1, -0.05) is 18.2 Å². The quantitative estimate of drug-likeness (QED) is 0.866. The third kappa shape index (κ3) is 4.21. The van der Waals surface area contributed by atoms with E-state index in [0.717, 1.165) is 0 Å². The van der Waals surface area contributed by atoms with E-state index in [1.54, 1.807) is 34.9 Å².